The first-order valence-corrected chi connectivity index (χ1v) is 9.90. The van der Waals surface area contributed by atoms with Crippen molar-refractivity contribution in [2.75, 3.05) is 14.1 Å². The fourth-order valence-corrected chi connectivity index (χ4v) is 3.10. The van der Waals surface area contributed by atoms with Crippen LogP contribution < -0.4 is 5.73 Å². The van der Waals surface area contributed by atoms with Crippen LogP contribution in [0.5, 0.6) is 0 Å². The molecule has 0 aliphatic heterocycles. The van der Waals surface area contributed by atoms with Crippen LogP contribution in [0.3, 0.4) is 0 Å². The first kappa shape index (κ1) is 20.4. The van der Waals surface area contributed by atoms with E-state index in [0.29, 0.717) is 24.0 Å². The zero-order valence-electron chi connectivity index (χ0n) is 17.8. The molecular formula is C24H24N6O. The fraction of sp³-hybridized carbons (Fsp3) is 0.167. The van der Waals surface area contributed by atoms with Gasteiger partial charge in [0.15, 0.2) is 0 Å². The van der Waals surface area contributed by atoms with E-state index in [1.807, 2.05) is 74.4 Å². The van der Waals surface area contributed by atoms with E-state index >= 15 is 0 Å². The summed E-state index contributed by atoms with van der Waals surface area (Å²) in [6, 6.07) is 15.8. The normalized spacial score (nSPS) is 10.8. The van der Waals surface area contributed by atoms with Gasteiger partial charge in [0, 0.05) is 37.5 Å². The zero-order valence-corrected chi connectivity index (χ0v) is 17.8. The number of nitrogens with zero attached hydrogens (tertiary/aromatic N) is 5. The Labute approximate surface area is 181 Å². The van der Waals surface area contributed by atoms with Gasteiger partial charge < -0.3 is 15.1 Å². The Morgan fingerprint density at radius 1 is 0.968 bits per heavy atom. The maximum absolute atomic E-state index is 5.90. The SMILES string of the molecule is C=C(c1ccc(-c2cnc(C)c(-c3nnc(-c4ccc(CN)cc4)o3)n2)cc1)N(C)C. The van der Waals surface area contributed by atoms with Gasteiger partial charge in [-0.15, -0.1) is 10.2 Å². The van der Waals surface area contributed by atoms with Crippen LogP contribution in [0.2, 0.25) is 0 Å². The molecule has 2 heterocycles. The lowest BCUT2D eigenvalue weighted by molar-refractivity contribution is 0.581. The molecule has 2 N–H and O–H groups in total. The van der Waals surface area contributed by atoms with Crippen LogP contribution in [0, 0.1) is 6.92 Å². The molecular weight excluding hydrogens is 388 g/mol. The lowest BCUT2D eigenvalue weighted by Crippen LogP contribution is -2.08. The molecule has 0 radical (unpaired) electrons. The molecule has 4 aromatic rings. The van der Waals surface area contributed by atoms with Crippen LogP contribution in [0.1, 0.15) is 16.8 Å². The fourth-order valence-electron chi connectivity index (χ4n) is 3.10. The zero-order chi connectivity index (χ0) is 22.0. The Morgan fingerprint density at radius 3 is 2.26 bits per heavy atom. The van der Waals surface area contributed by atoms with Crippen LogP contribution in [-0.2, 0) is 6.54 Å². The Balaban J connectivity index is 1.64. The van der Waals surface area contributed by atoms with E-state index in [2.05, 4.69) is 21.8 Å². The summed E-state index contributed by atoms with van der Waals surface area (Å²) in [7, 11) is 3.94. The van der Waals surface area contributed by atoms with Crippen LogP contribution in [-0.4, -0.2) is 39.2 Å². The summed E-state index contributed by atoms with van der Waals surface area (Å²) in [6.07, 6.45) is 1.75. The molecule has 7 nitrogen and oxygen atoms in total. The van der Waals surface area contributed by atoms with Crippen molar-refractivity contribution >= 4 is 5.70 Å². The summed E-state index contributed by atoms with van der Waals surface area (Å²) < 4.78 is 5.90. The summed E-state index contributed by atoms with van der Waals surface area (Å²) in [4.78, 5) is 11.2. The molecule has 0 spiro atoms. The van der Waals surface area contributed by atoms with Gasteiger partial charge in [0.2, 0.25) is 5.89 Å². The predicted molar refractivity (Wildman–Crippen MR) is 122 cm³/mol. The molecule has 4 rings (SSSR count). The summed E-state index contributed by atoms with van der Waals surface area (Å²) in [5.74, 6) is 0.763. The number of aryl methyl sites for hydroxylation is 1. The van der Waals surface area contributed by atoms with Crippen LogP contribution >= 0.6 is 0 Å². The Hall–Kier alpha value is -3.84. The van der Waals surface area contributed by atoms with Crippen molar-refractivity contribution in [1.82, 2.24) is 25.1 Å². The molecule has 0 bridgehead atoms. The van der Waals surface area contributed by atoms with E-state index in [1.165, 1.54) is 0 Å². The summed E-state index contributed by atoms with van der Waals surface area (Å²) >= 11 is 0. The lowest BCUT2D eigenvalue weighted by Gasteiger charge is -2.16. The topological polar surface area (TPSA) is 94.0 Å². The van der Waals surface area contributed by atoms with E-state index in [4.69, 9.17) is 15.1 Å². The third-order valence-corrected chi connectivity index (χ3v) is 5.07. The highest BCUT2D eigenvalue weighted by Gasteiger charge is 2.16. The lowest BCUT2D eigenvalue weighted by atomic mass is 10.1. The smallest absolute Gasteiger partial charge is 0.268 e. The van der Waals surface area contributed by atoms with E-state index in [-0.39, 0.29) is 0 Å². The third-order valence-electron chi connectivity index (χ3n) is 5.07. The van der Waals surface area contributed by atoms with Gasteiger partial charge in [-0.3, -0.25) is 4.98 Å². The molecule has 0 saturated carbocycles. The van der Waals surface area contributed by atoms with Crippen molar-refractivity contribution in [3.63, 3.8) is 0 Å². The molecule has 0 fully saturated rings. The molecule has 31 heavy (non-hydrogen) atoms. The molecule has 0 aliphatic carbocycles. The summed E-state index contributed by atoms with van der Waals surface area (Å²) in [5, 5.41) is 8.38. The minimum atomic E-state index is 0.336. The Bertz CT molecular complexity index is 1210. The molecule has 7 heteroatoms. The highest BCUT2D eigenvalue weighted by atomic mass is 16.4. The van der Waals surface area contributed by atoms with Crippen LogP contribution in [0.25, 0.3) is 40.0 Å². The van der Waals surface area contributed by atoms with Crippen molar-refractivity contribution in [2.45, 2.75) is 13.5 Å². The molecule has 2 aromatic heterocycles. The van der Waals surface area contributed by atoms with Crippen molar-refractivity contribution < 1.29 is 4.42 Å². The van der Waals surface area contributed by atoms with Gasteiger partial charge in [0.25, 0.3) is 5.89 Å². The second-order valence-corrected chi connectivity index (χ2v) is 7.42. The molecule has 0 atom stereocenters. The van der Waals surface area contributed by atoms with Crippen molar-refractivity contribution in [3.8, 4) is 34.3 Å². The summed E-state index contributed by atoms with van der Waals surface area (Å²) in [5.41, 5.74) is 12.5. The van der Waals surface area contributed by atoms with Gasteiger partial charge in [-0.25, -0.2) is 4.98 Å². The average molecular weight is 412 g/mol. The third kappa shape index (κ3) is 4.22. The number of hydrogen-bond donors (Lipinski definition) is 1. The van der Waals surface area contributed by atoms with Gasteiger partial charge in [0.1, 0.15) is 5.69 Å². The molecule has 0 unspecified atom stereocenters. The van der Waals surface area contributed by atoms with E-state index in [9.17, 15) is 0 Å². The number of hydrogen-bond acceptors (Lipinski definition) is 7. The number of benzene rings is 2. The second kappa shape index (κ2) is 8.49. The molecule has 2 aromatic carbocycles. The number of rotatable bonds is 6. The Kier molecular flexibility index (Phi) is 5.60. The molecule has 0 saturated heterocycles. The second-order valence-electron chi connectivity index (χ2n) is 7.42. The van der Waals surface area contributed by atoms with Gasteiger partial charge in [-0.1, -0.05) is 43.0 Å². The number of aromatic nitrogens is 4. The standard InChI is InChI=1S/C24H24N6O/c1-15-22(24-29-28-23(31-24)20-7-5-17(13-25)6-8-20)27-21(14-26-15)19-11-9-18(10-12-19)16(2)30(3)4/h5-12,14H,2,13,25H2,1,3-4H3. The van der Waals surface area contributed by atoms with Crippen LogP contribution in [0.15, 0.2) is 65.7 Å². The summed E-state index contributed by atoms with van der Waals surface area (Å²) in [6.45, 7) is 6.45. The minimum absolute atomic E-state index is 0.336. The molecule has 0 aliphatic rings. The van der Waals surface area contributed by atoms with Crippen LogP contribution in [0.4, 0.5) is 0 Å². The number of nitrogens with two attached hydrogens (primary N) is 1. The van der Waals surface area contributed by atoms with E-state index in [0.717, 1.165) is 39.3 Å². The maximum Gasteiger partial charge on any atom is 0.268 e. The van der Waals surface area contributed by atoms with Gasteiger partial charge in [-0.2, -0.15) is 0 Å². The van der Waals surface area contributed by atoms with E-state index in [1.54, 1.807) is 6.20 Å². The molecule has 156 valence electrons. The predicted octanol–water partition coefficient (Wildman–Crippen LogP) is 4.16. The van der Waals surface area contributed by atoms with Crippen molar-refractivity contribution in [3.05, 3.63) is 78.1 Å². The monoisotopic (exact) mass is 412 g/mol. The Morgan fingerprint density at radius 2 is 1.61 bits per heavy atom. The van der Waals surface area contributed by atoms with Crippen molar-refractivity contribution in [1.29, 1.82) is 0 Å². The first-order chi connectivity index (χ1) is 15.0. The van der Waals surface area contributed by atoms with Gasteiger partial charge in [0.05, 0.1) is 17.6 Å². The quantitative estimate of drug-likeness (QED) is 0.508. The highest BCUT2D eigenvalue weighted by molar-refractivity contribution is 5.68. The minimum Gasteiger partial charge on any atom is -0.415 e. The maximum atomic E-state index is 5.90. The highest BCUT2D eigenvalue weighted by Crippen LogP contribution is 2.27. The first-order valence-electron chi connectivity index (χ1n) is 9.90. The van der Waals surface area contributed by atoms with Gasteiger partial charge >= 0.3 is 0 Å². The largest absolute Gasteiger partial charge is 0.415 e. The van der Waals surface area contributed by atoms with Crippen molar-refractivity contribution in [2.24, 2.45) is 5.73 Å². The van der Waals surface area contributed by atoms with Gasteiger partial charge in [-0.05, 0) is 30.2 Å². The molecule has 0 amide bonds. The average Bonchev–Trinajstić information content (AvgIpc) is 3.29. The van der Waals surface area contributed by atoms with E-state index < -0.39 is 0 Å².